The number of rotatable bonds is 4. The largest absolute Gasteiger partial charge is 0.351 e. The van der Waals surface area contributed by atoms with Crippen LogP contribution in [0.1, 0.15) is 41.0 Å². The van der Waals surface area contributed by atoms with Crippen molar-refractivity contribution in [1.82, 2.24) is 10.7 Å². The number of allylic oxidation sites excluding steroid dienone is 2. The highest BCUT2D eigenvalue weighted by Crippen LogP contribution is 2.36. The van der Waals surface area contributed by atoms with Crippen LogP contribution in [0, 0.1) is 17.3 Å². The van der Waals surface area contributed by atoms with E-state index in [-0.39, 0.29) is 28.7 Å². The van der Waals surface area contributed by atoms with Gasteiger partial charge in [-0.2, -0.15) is 0 Å². The summed E-state index contributed by atoms with van der Waals surface area (Å²) in [7, 11) is 0. The van der Waals surface area contributed by atoms with E-state index in [1.54, 1.807) is 0 Å². The number of amides is 1. The van der Waals surface area contributed by atoms with Crippen molar-refractivity contribution < 1.29 is 4.79 Å². The molecular formula is C22H30ClN3O. The van der Waals surface area contributed by atoms with E-state index in [9.17, 15) is 4.79 Å². The van der Waals surface area contributed by atoms with E-state index >= 15 is 0 Å². The zero-order chi connectivity index (χ0) is 19.8. The Morgan fingerprint density at radius 2 is 2.04 bits per heavy atom. The third-order valence-electron chi connectivity index (χ3n) is 4.93. The highest BCUT2D eigenvalue weighted by Gasteiger charge is 2.40. The van der Waals surface area contributed by atoms with Crippen LogP contribution in [0.15, 0.2) is 48.2 Å². The zero-order valence-electron chi connectivity index (χ0n) is 16.8. The SMILES string of the molecule is CC(C)(C)CC(C)(C)NC(=O)C1C=CC=C2C1CNN2c1cccc(Cl)c1. The second-order valence-electron chi connectivity index (χ2n) is 9.40. The van der Waals surface area contributed by atoms with Crippen molar-refractivity contribution in [2.24, 2.45) is 17.3 Å². The molecule has 0 saturated carbocycles. The molecule has 5 heteroatoms. The van der Waals surface area contributed by atoms with Crippen molar-refractivity contribution in [1.29, 1.82) is 0 Å². The fourth-order valence-electron chi connectivity index (χ4n) is 4.38. The molecule has 0 aromatic heterocycles. The maximum Gasteiger partial charge on any atom is 0.228 e. The minimum atomic E-state index is -0.247. The van der Waals surface area contributed by atoms with Crippen molar-refractivity contribution >= 4 is 23.2 Å². The number of fused-ring (bicyclic) bond motifs is 1. The molecule has 2 N–H and O–H groups in total. The molecule has 1 aliphatic heterocycles. The van der Waals surface area contributed by atoms with Gasteiger partial charge in [0.1, 0.15) is 0 Å². The van der Waals surface area contributed by atoms with Gasteiger partial charge in [0.15, 0.2) is 0 Å². The maximum absolute atomic E-state index is 13.1. The number of hydrogen-bond acceptors (Lipinski definition) is 3. The Morgan fingerprint density at radius 1 is 1.30 bits per heavy atom. The summed E-state index contributed by atoms with van der Waals surface area (Å²) in [6.07, 6.45) is 7.00. The molecule has 0 spiro atoms. The average molecular weight is 388 g/mol. The molecule has 1 aromatic rings. The van der Waals surface area contributed by atoms with Crippen molar-refractivity contribution in [3.05, 3.63) is 53.2 Å². The predicted octanol–water partition coefficient (Wildman–Crippen LogP) is 4.68. The Labute approximate surface area is 167 Å². The van der Waals surface area contributed by atoms with E-state index in [4.69, 9.17) is 11.6 Å². The van der Waals surface area contributed by atoms with Crippen LogP contribution in [-0.4, -0.2) is 18.0 Å². The number of halogens is 1. The van der Waals surface area contributed by atoms with Gasteiger partial charge in [0.2, 0.25) is 5.91 Å². The molecule has 27 heavy (non-hydrogen) atoms. The highest BCUT2D eigenvalue weighted by molar-refractivity contribution is 6.30. The first-order chi connectivity index (χ1) is 12.6. The van der Waals surface area contributed by atoms with Gasteiger partial charge in [-0.3, -0.25) is 9.80 Å². The molecule has 1 amide bonds. The van der Waals surface area contributed by atoms with Crippen molar-refractivity contribution in [2.75, 3.05) is 11.6 Å². The molecule has 1 heterocycles. The smallest absolute Gasteiger partial charge is 0.228 e. The number of benzene rings is 1. The quantitative estimate of drug-likeness (QED) is 0.788. The van der Waals surface area contributed by atoms with Gasteiger partial charge in [0, 0.05) is 28.7 Å². The van der Waals surface area contributed by atoms with Crippen LogP contribution >= 0.6 is 11.6 Å². The highest BCUT2D eigenvalue weighted by atomic mass is 35.5. The molecule has 146 valence electrons. The zero-order valence-corrected chi connectivity index (χ0v) is 17.6. The summed E-state index contributed by atoms with van der Waals surface area (Å²) in [5.41, 5.74) is 5.41. The van der Waals surface area contributed by atoms with E-state index in [0.717, 1.165) is 24.4 Å². The summed E-state index contributed by atoms with van der Waals surface area (Å²) in [5.74, 6) is 0.0196. The maximum atomic E-state index is 13.1. The normalized spacial score (nSPS) is 22.4. The lowest BCUT2D eigenvalue weighted by atomic mass is 9.80. The lowest BCUT2D eigenvalue weighted by Gasteiger charge is -2.35. The molecule has 1 fully saturated rings. The molecule has 1 saturated heterocycles. The summed E-state index contributed by atoms with van der Waals surface area (Å²) in [6, 6.07) is 7.74. The van der Waals surface area contributed by atoms with Gasteiger partial charge >= 0.3 is 0 Å². The number of hydrogen-bond donors (Lipinski definition) is 2. The number of nitrogens with zero attached hydrogens (tertiary/aromatic N) is 1. The first-order valence-electron chi connectivity index (χ1n) is 9.55. The van der Waals surface area contributed by atoms with E-state index in [1.165, 1.54) is 0 Å². The van der Waals surface area contributed by atoms with Gasteiger partial charge in [-0.05, 0) is 50.0 Å². The molecule has 0 radical (unpaired) electrons. The number of carbonyl (C=O) groups is 1. The second-order valence-corrected chi connectivity index (χ2v) is 9.83. The minimum absolute atomic E-state index is 0.0887. The van der Waals surface area contributed by atoms with Crippen LogP contribution in [0.25, 0.3) is 0 Å². The summed E-state index contributed by atoms with van der Waals surface area (Å²) < 4.78 is 0. The van der Waals surface area contributed by atoms with Crippen LogP contribution in [0.2, 0.25) is 5.02 Å². The number of hydrazine groups is 1. The lowest BCUT2D eigenvalue weighted by molar-refractivity contribution is -0.126. The van der Waals surface area contributed by atoms with Gasteiger partial charge < -0.3 is 5.32 Å². The Balaban J connectivity index is 1.74. The number of anilines is 1. The first-order valence-corrected chi connectivity index (χ1v) is 9.93. The molecule has 0 bridgehead atoms. The molecule has 3 rings (SSSR count). The second kappa shape index (κ2) is 7.33. The molecular weight excluding hydrogens is 358 g/mol. The molecule has 2 unspecified atom stereocenters. The summed E-state index contributed by atoms with van der Waals surface area (Å²) in [5, 5.41) is 6.01. The van der Waals surface area contributed by atoms with E-state index in [0.29, 0.717) is 5.02 Å². The Hall–Kier alpha value is -1.78. The summed E-state index contributed by atoms with van der Waals surface area (Å²) in [4.78, 5) is 13.1. The van der Waals surface area contributed by atoms with Gasteiger partial charge in [-0.25, -0.2) is 5.43 Å². The molecule has 4 nitrogen and oxygen atoms in total. The third-order valence-corrected chi connectivity index (χ3v) is 5.16. The monoisotopic (exact) mass is 387 g/mol. The minimum Gasteiger partial charge on any atom is -0.351 e. The van der Waals surface area contributed by atoms with Crippen molar-refractivity contribution in [2.45, 2.75) is 46.6 Å². The Bertz CT molecular complexity index is 776. The van der Waals surface area contributed by atoms with Crippen LogP contribution in [0.4, 0.5) is 5.69 Å². The van der Waals surface area contributed by atoms with Gasteiger partial charge in [-0.1, -0.05) is 50.6 Å². The third kappa shape index (κ3) is 4.74. The molecule has 1 aliphatic carbocycles. The predicted molar refractivity (Wildman–Crippen MR) is 112 cm³/mol. The Morgan fingerprint density at radius 3 is 2.70 bits per heavy atom. The first kappa shape index (κ1) is 20.0. The molecule has 2 aliphatic rings. The molecule has 1 aromatic carbocycles. The van der Waals surface area contributed by atoms with Crippen LogP contribution in [-0.2, 0) is 4.79 Å². The fraction of sp³-hybridized carbons (Fsp3) is 0.500. The van der Waals surface area contributed by atoms with Gasteiger partial charge in [0.05, 0.1) is 11.6 Å². The Kier molecular flexibility index (Phi) is 5.42. The van der Waals surface area contributed by atoms with E-state index in [1.807, 2.05) is 41.4 Å². The topological polar surface area (TPSA) is 44.4 Å². The van der Waals surface area contributed by atoms with Crippen molar-refractivity contribution in [3.8, 4) is 0 Å². The number of carbonyl (C=O) groups excluding carboxylic acids is 1. The van der Waals surface area contributed by atoms with E-state index in [2.05, 4.69) is 51.4 Å². The van der Waals surface area contributed by atoms with Crippen LogP contribution in [0.5, 0.6) is 0 Å². The fourth-order valence-corrected chi connectivity index (χ4v) is 4.57. The van der Waals surface area contributed by atoms with Crippen molar-refractivity contribution in [3.63, 3.8) is 0 Å². The lowest BCUT2D eigenvalue weighted by Crippen LogP contribution is -2.49. The molecule has 2 atom stereocenters. The van der Waals surface area contributed by atoms with Gasteiger partial charge in [0.25, 0.3) is 0 Å². The average Bonchev–Trinajstić information content (AvgIpc) is 2.95. The summed E-state index contributed by atoms with van der Waals surface area (Å²) >= 11 is 6.15. The van der Waals surface area contributed by atoms with Gasteiger partial charge in [-0.15, -0.1) is 0 Å². The standard InChI is InChI=1S/C22H30ClN3O/c1-21(2,3)14-22(4,5)25-20(27)17-10-7-11-19-18(17)13-24-26(19)16-9-6-8-15(23)12-16/h6-12,17-18,24H,13-14H2,1-5H3,(H,25,27). The van der Waals surface area contributed by atoms with Crippen LogP contribution < -0.4 is 15.8 Å². The summed E-state index contributed by atoms with van der Waals surface area (Å²) in [6.45, 7) is 11.5. The van der Waals surface area contributed by atoms with Crippen LogP contribution in [0.3, 0.4) is 0 Å². The number of nitrogens with one attached hydrogen (secondary N) is 2. The van der Waals surface area contributed by atoms with E-state index < -0.39 is 0 Å².